The molecule has 2 aromatic carbocycles. The summed E-state index contributed by atoms with van der Waals surface area (Å²) < 4.78 is 10.7. The first-order chi connectivity index (χ1) is 14.0. The smallest absolute Gasteiger partial charge is 0.279 e. The average Bonchev–Trinajstić information content (AvgIpc) is 2.70. The summed E-state index contributed by atoms with van der Waals surface area (Å²) in [5.74, 6) is 1.42. The third-order valence-corrected chi connectivity index (χ3v) is 4.06. The van der Waals surface area contributed by atoms with E-state index in [1.807, 2.05) is 19.9 Å². The van der Waals surface area contributed by atoms with Crippen molar-refractivity contribution < 1.29 is 9.47 Å². The van der Waals surface area contributed by atoms with Gasteiger partial charge >= 0.3 is 0 Å². The predicted molar refractivity (Wildman–Crippen MR) is 113 cm³/mol. The first kappa shape index (κ1) is 20.3. The zero-order valence-corrected chi connectivity index (χ0v) is 16.9. The molecule has 0 saturated carbocycles. The van der Waals surface area contributed by atoms with E-state index in [1.54, 1.807) is 49.7 Å². The van der Waals surface area contributed by atoms with Crippen LogP contribution in [0.3, 0.4) is 0 Å². The quantitative estimate of drug-likeness (QED) is 0.452. The molecule has 1 aromatic heterocycles. The molecule has 0 radical (unpaired) electrons. The lowest BCUT2D eigenvalue weighted by atomic mass is 10.1. The fourth-order valence-corrected chi connectivity index (χ4v) is 2.67. The third-order valence-electron chi connectivity index (χ3n) is 3.76. The molecule has 0 fully saturated rings. The van der Waals surface area contributed by atoms with Crippen molar-refractivity contribution in [1.82, 2.24) is 15.2 Å². The molecule has 1 heterocycles. The van der Waals surface area contributed by atoms with Crippen LogP contribution >= 0.6 is 11.6 Å². The Morgan fingerprint density at radius 1 is 1.17 bits per heavy atom. The normalized spacial score (nSPS) is 11.1. The van der Waals surface area contributed by atoms with Crippen LogP contribution in [0.1, 0.15) is 19.4 Å². The number of nitrogens with zero attached hydrogens (tertiary/aromatic N) is 3. The minimum absolute atomic E-state index is 0.0324. The van der Waals surface area contributed by atoms with Crippen LogP contribution in [0.4, 0.5) is 5.95 Å². The number of hydrazone groups is 1. The molecule has 8 nitrogen and oxygen atoms in total. The molecule has 0 aliphatic rings. The number of methoxy groups -OCH3 is 1. The van der Waals surface area contributed by atoms with Crippen LogP contribution in [0, 0.1) is 0 Å². The Balaban J connectivity index is 1.68. The Bertz CT molecular complexity index is 1060. The zero-order valence-electron chi connectivity index (χ0n) is 16.1. The molecule has 0 saturated heterocycles. The van der Waals surface area contributed by atoms with E-state index in [-0.39, 0.29) is 23.3 Å². The van der Waals surface area contributed by atoms with Gasteiger partial charge in [-0.3, -0.25) is 9.78 Å². The van der Waals surface area contributed by atoms with Gasteiger partial charge in [0, 0.05) is 5.56 Å². The van der Waals surface area contributed by atoms with Gasteiger partial charge in [-0.1, -0.05) is 11.6 Å². The SMILES string of the molecule is COc1ccc(-c2nnc(N/N=C/c3ccc(OC(C)C)c(Cl)c3)[nH]c2=O)cc1. The molecule has 0 aliphatic heterocycles. The summed E-state index contributed by atoms with van der Waals surface area (Å²) in [4.78, 5) is 14.9. The minimum atomic E-state index is -0.388. The summed E-state index contributed by atoms with van der Waals surface area (Å²) in [6, 6.07) is 12.3. The lowest BCUT2D eigenvalue weighted by Gasteiger charge is -2.11. The number of hydrogen-bond acceptors (Lipinski definition) is 7. The largest absolute Gasteiger partial charge is 0.497 e. The molecule has 29 heavy (non-hydrogen) atoms. The summed E-state index contributed by atoms with van der Waals surface area (Å²) in [6.07, 6.45) is 1.58. The Kier molecular flexibility index (Phi) is 6.46. The van der Waals surface area contributed by atoms with Crippen molar-refractivity contribution in [2.24, 2.45) is 5.10 Å². The maximum Gasteiger partial charge on any atom is 0.279 e. The Hall–Kier alpha value is -3.39. The molecule has 0 atom stereocenters. The van der Waals surface area contributed by atoms with Crippen molar-refractivity contribution in [3.8, 4) is 22.8 Å². The van der Waals surface area contributed by atoms with Crippen molar-refractivity contribution >= 4 is 23.8 Å². The third kappa shape index (κ3) is 5.32. The lowest BCUT2D eigenvalue weighted by Crippen LogP contribution is -2.15. The molecule has 9 heteroatoms. The van der Waals surface area contributed by atoms with Crippen molar-refractivity contribution in [1.29, 1.82) is 0 Å². The Morgan fingerprint density at radius 2 is 1.93 bits per heavy atom. The zero-order chi connectivity index (χ0) is 20.8. The molecule has 0 amide bonds. The number of rotatable bonds is 7. The molecular formula is C20H20ClN5O3. The highest BCUT2D eigenvalue weighted by molar-refractivity contribution is 6.32. The van der Waals surface area contributed by atoms with E-state index in [4.69, 9.17) is 21.1 Å². The first-order valence-corrected chi connectivity index (χ1v) is 9.21. The van der Waals surface area contributed by atoms with Gasteiger partial charge in [-0.25, -0.2) is 5.43 Å². The van der Waals surface area contributed by atoms with Gasteiger partial charge in [0.1, 0.15) is 11.5 Å². The number of nitrogens with one attached hydrogen (secondary N) is 2. The summed E-state index contributed by atoms with van der Waals surface area (Å²) in [5.41, 5.74) is 3.84. The van der Waals surface area contributed by atoms with Gasteiger partial charge in [0.15, 0.2) is 5.69 Å². The van der Waals surface area contributed by atoms with E-state index in [1.165, 1.54) is 0 Å². The fourth-order valence-electron chi connectivity index (χ4n) is 2.44. The van der Waals surface area contributed by atoms with Crippen LogP contribution in [0.5, 0.6) is 11.5 Å². The van der Waals surface area contributed by atoms with Gasteiger partial charge in [0.25, 0.3) is 5.56 Å². The number of H-pyrrole nitrogens is 1. The summed E-state index contributed by atoms with van der Waals surface area (Å²) >= 11 is 6.20. The molecule has 0 bridgehead atoms. The molecular weight excluding hydrogens is 394 g/mol. The lowest BCUT2D eigenvalue weighted by molar-refractivity contribution is 0.242. The minimum Gasteiger partial charge on any atom is -0.497 e. The van der Waals surface area contributed by atoms with Crippen LogP contribution in [0.25, 0.3) is 11.3 Å². The topological polar surface area (TPSA) is 101 Å². The second-order valence-electron chi connectivity index (χ2n) is 6.31. The van der Waals surface area contributed by atoms with Gasteiger partial charge in [-0.05, 0) is 61.9 Å². The van der Waals surface area contributed by atoms with E-state index in [9.17, 15) is 4.79 Å². The molecule has 0 unspecified atom stereocenters. The number of ether oxygens (including phenoxy) is 2. The van der Waals surface area contributed by atoms with Crippen LogP contribution in [-0.4, -0.2) is 34.6 Å². The Morgan fingerprint density at radius 3 is 2.55 bits per heavy atom. The number of anilines is 1. The van der Waals surface area contributed by atoms with Crippen molar-refractivity contribution in [2.75, 3.05) is 12.5 Å². The number of aromatic amines is 1. The Labute approximate surface area is 172 Å². The van der Waals surface area contributed by atoms with Crippen molar-refractivity contribution in [3.05, 3.63) is 63.4 Å². The van der Waals surface area contributed by atoms with E-state index < -0.39 is 0 Å². The van der Waals surface area contributed by atoms with Gasteiger partial charge in [0.05, 0.1) is 24.5 Å². The molecule has 3 rings (SSSR count). The van der Waals surface area contributed by atoms with Crippen LogP contribution in [0.15, 0.2) is 52.4 Å². The van der Waals surface area contributed by atoms with E-state index in [0.717, 1.165) is 5.56 Å². The molecule has 0 spiro atoms. The van der Waals surface area contributed by atoms with E-state index in [0.29, 0.717) is 22.1 Å². The van der Waals surface area contributed by atoms with Crippen LogP contribution in [0.2, 0.25) is 5.02 Å². The van der Waals surface area contributed by atoms with Crippen LogP contribution < -0.4 is 20.5 Å². The first-order valence-electron chi connectivity index (χ1n) is 8.83. The van der Waals surface area contributed by atoms with Crippen LogP contribution in [-0.2, 0) is 0 Å². The van der Waals surface area contributed by atoms with Gasteiger partial charge < -0.3 is 9.47 Å². The highest BCUT2D eigenvalue weighted by Crippen LogP contribution is 2.25. The average molecular weight is 414 g/mol. The molecule has 0 aliphatic carbocycles. The van der Waals surface area contributed by atoms with Gasteiger partial charge in [-0.2, -0.15) is 5.10 Å². The van der Waals surface area contributed by atoms with Gasteiger partial charge in [0.2, 0.25) is 5.95 Å². The van der Waals surface area contributed by atoms with E-state index in [2.05, 4.69) is 25.7 Å². The second-order valence-corrected chi connectivity index (χ2v) is 6.71. The second kappa shape index (κ2) is 9.20. The highest BCUT2D eigenvalue weighted by Gasteiger charge is 2.08. The summed E-state index contributed by atoms with van der Waals surface area (Å²) in [7, 11) is 1.57. The number of halogens is 1. The number of aromatic nitrogens is 3. The maximum absolute atomic E-state index is 12.3. The van der Waals surface area contributed by atoms with Crippen molar-refractivity contribution in [3.63, 3.8) is 0 Å². The maximum atomic E-state index is 12.3. The predicted octanol–water partition coefficient (Wildman–Crippen LogP) is 3.73. The summed E-state index contributed by atoms with van der Waals surface area (Å²) in [5, 5.41) is 12.5. The summed E-state index contributed by atoms with van der Waals surface area (Å²) in [6.45, 7) is 3.86. The molecule has 3 aromatic rings. The standard InChI is InChI=1S/C20H20ClN5O3/c1-12(2)29-17-9-4-13(10-16(17)21)11-22-25-20-23-19(27)18(24-26-20)14-5-7-15(28-3)8-6-14/h4-12H,1-3H3,(H2,23,25,26,27)/b22-11+. The van der Waals surface area contributed by atoms with Gasteiger partial charge in [-0.15, -0.1) is 10.2 Å². The monoisotopic (exact) mass is 413 g/mol. The van der Waals surface area contributed by atoms with E-state index >= 15 is 0 Å². The van der Waals surface area contributed by atoms with Crippen molar-refractivity contribution in [2.45, 2.75) is 20.0 Å². The molecule has 2 N–H and O–H groups in total. The number of benzene rings is 2. The fraction of sp³-hybridized carbons (Fsp3) is 0.200. The molecule has 150 valence electrons. The highest BCUT2D eigenvalue weighted by atomic mass is 35.5. The number of hydrogen-bond donors (Lipinski definition) is 2.